The van der Waals surface area contributed by atoms with Crippen LogP contribution in [0.4, 0.5) is 11.4 Å². The SMILES string of the molecule is CC(Cc1ccccc1)Nc1ccc(N)cc1I. The van der Waals surface area contributed by atoms with Gasteiger partial charge in [0.15, 0.2) is 0 Å². The molecule has 1 atom stereocenters. The van der Waals surface area contributed by atoms with Crippen LogP contribution >= 0.6 is 22.6 Å². The Morgan fingerprint density at radius 2 is 1.89 bits per heavy atom. The van der Waals surface area contributed by atoms with E-state index in [-0.39, 0.29) is 0 Å². The first-order chi connectivity index (χ1) is 8.65. The molecule has 0 amide bonds. The quantitative estimate of drug-likeness (QED) is 0.647. The third-order valence-corrected chi connectivity index (χ3v) is 3.67. The Balaban J connectivity index is 2.01. The molecule has 0 heterocycles. The van der Waals surface area contributed by atoms with Crippen molar-refractivity contribution < 1.29 is 0 Å². The predicted octanol–water partition coefficient (Wildman–Crippen LogP) is 3.92. The van der Waals surface area contributed by atoms with E-state index in [1.54, 1.807) is 0 Å². The maximum absolute atomic E-state index is 5.75. The summed E-state index contributed by atoms with van der Waals surface area (Å²) in [6.45, 7) is 2.19. The molecule has 0 aliphatic rings. The van der Waals surface area contributed by atoms with Crippen molar-refractivity contribution in [3.8, 4) is 0 Å². The third-order valence-electron chi connectivity index (χ3n) is 2.78. The fourth-order valence-electron chi connectivity index (χ4n) is 1.93. The zero-order valence-electron chi connectivity index (χ0n) is 10.4. The fraction of sp³-hybridized carbons (Fsp3) is 0.200. The van der Waals surface area contributed by atoms with Crippen LogP contribution in [-0.4, -0.2) is 6.04 Å². The summed E-state index contributed by atoms with van der Waals surface area (Å²) in [4.78, 5) is 0. The Bertz CT molecular complexity index is 511. The smallest absolute Gasteiger partial charge is 0.0479 e. The van der Waals surface area contributed by atoms with E-state index in [0.29, 0.717) is 6.04 Å². The molecular formula is C15H17IN2. The van der Waals surface area contributed by atoms with E-state index in [2.05, 4.69) is 59.1 Å². The number of benzene rings is 2. The number of nitrogens with one attached hydrogen (secondary N) is 1. The summed E-state index contributed by atoms with van der Waals surface area (Å²) in [7, 11) is 0. The minimum Gasteiger partial charge on any atom is -0.399 e. The van der Waals surface area contributed by atoms with Gasteiger partial charge in [-0.1, -0.05) is 30.3 Å². The molecule has 0 spiro atoms. The maximum Gasteiger partial charge on any atom is 0.0479 e. The molecule has 0 fully saturated rings. The Labute approximate surface area is 122 Å². The van der Waals surface area contributed by atoms with Gasteiger partial charge in [0.25, 0.3) is 0 Å². The van der Waals surface area contributed by atoms with E-state index in [9.17, 15) is 0 Å². The lowest BCUT2D eigenvalue weighted by atomic mass is 10.1. The second kappa shape index (κ2) is 6.09. The van der Waals surface area contributed by atoms with Crippen LogP contribution < -0.4 is 11.1 Å². The minimum atomic E-state index is 0.393. The zero-order valence-corrected chi connectivity index (χ0v) is 12.5. The monoisotopic (exact) mass is 352 g/mol. The molecule has 0 aromatic heterocycles. The number of anilines is 2. The molecule has 2 aromatic rings. The average molecular weight is 352 g/mol. The van der Waals surface area contributed by atoms with Crippen molar-refractivity contribution in [2.45, 2.75) is 19.4 Å². The standard InChI is InChI=1S/C15H17IN2/c1-11(9-12-5-3-2-4-6-12)18-15-8-7-13(17)10-14(15)16/h2-8,10-11,18H,9,17H2,1H3. The topological polar surface area (TPSA) is 38.0 Å². The van der Waals surface area contributed by atoms with Crippen LogP contribution in [0.5, 0.6) is 0 Å². The molecule has 0 radical (unpaired) electrons. The van der Waals surface area contributed by atoms with Crippen molar-refractivity contribution >= 4 is 34.0 Å². The number of hydrogen-bond donors (Lipinski definition) is 2. The van der Waals surface area contributed by atoms with Crippen molar-refractivity contribution in [2.24, 2.45) is 0 Å². The summed E-state index contributed by atoms with van der Waals surface area (Å²) in [6, 6.07) is 16.9. The van der Waals surface area contributed by atoms with Gasteiger partial charge in [-0.3, -0.25) is 0 Å². The molecule has 2 nitrogen and oxygen atoms in total. The van der Waals surface area contributed by atoms with Gasteiger partial charge in [-0.25, -0.2) is 0 Å². The molecule has 18 heavy (non-hydrogen) atoms. The van der Waals surface area contributed by atoms with Gasteiger partial charge in [0.2, 0.25) is 0 Å². The molecule has 0 bridgehead atoms. The summed E-state index contributed by atoms with van der Waals surface area (Å²) in [5.74, 6) is 0. The van der Waals surface area contributed by atoms with E-state index in [1.165, 1.54) is 5.56 Å². The van der Waals surface area contributed by atoms with Gasteiger partial charge >= 0.3 is 0 Å². The van der Waals surface area contributed by atoms with Gasteiger partial charge in [-0.2, -0.15) is 0 Å². The van der Waals surface area contributed by atoms with E-state index in [4.69, 9.17) is 5.73 Å². The Morgan fingerprint density at radius 1 is 1.17 bits per heavy atom. The van der Waals surface area contributed by atoms with Crippen molar-refractivity contribution in [2.75, 3.05) is 11.1 Å². The summed E-state index contributed by atoms with van der Waals surface area (Å²) in [5, 5.41) is 3.52. The maximum atomic E-state index is 5.75. The highest BCUT2D eigenvalue weighted by Gasteiger charge is 2.06. The highest BCUT2D eigenvalue weighted by atomic mass is 127. The van der Waals surface area contributed by atoms with E-state index in [1.807, 2.05) is 24.3 Å². The highest BCUT2D eigenvalue weighted by molar-refractivity contribution is 14.1. The van der Waals surface area contributed by atoms with Gasteiger partial charge < -0.3 is 11.1 Å². The van der Waals surface area contributed by atoms with Crippen molar-refractivity contribution in [3.63, 3.8) is 0 Å². The van der Waals surface area contributed by atoms with Crippen molar-refractivity contribution in [3.05, 3.63) is 57.7 Å². The van der Waals surface area contributed by atoms with E-state index in [0.717, 1.165) is 21.4 Å². The van der Waals surface area contributed by atoms with Gasteiger partial charge in [0, 0.05) is 21.0 Å². The number of hydrogen-bond acceptors (Lipinski definition) is 2. The first kappa shape index (κ1) is 13.2. The summed E-state index contributed by atoms with van der Waals surface area (Å²) < 4.78 is 1.16. The molecule has 0 saturated carbocycles. The highest BCUT2D eigenvalue weighted by Crippen LogP contribution is 2.22. The first-order valence-electron chi connectivity index (χ1n) is 6.00. The number of rotatable bonds is 4. The third kappa shape index (κ3) is 3.63. The first-order valence-corrected chi connectivity index (χ1v) is 7.08. The molecule has 1 unspecified atom stereocenters. The lowest BCUT2D eigenvalue weighted by Gasteiger charge is -2.16. The van der Waals surface area contributed by atoms with Crippen LogP contribution in [0.15, 0.2) is 48.5 Å². The average Bonchev–Trinajstić information content (AvgIpc) is 2.34. The number of halogens is 1. The van der Waals surface area contributed by atoms with Gasteiger partial charge in [0.1, 0.15) is 0 Å². The van der Waals surface area contributed by atoms with Crippen LogP contribution in [0.2, 0.25) is 0 Å². The Morgan fingerprint density at radius 3 is 2.56 bits per heavy atom. The van der Waals surface area contributed by atoms with E-state index < -0.39 is 0 Å². The molecule has 3 N–H and O–H groups in total. The van der Waals surface area contributed by atoms with Crippen molar-refractivity contribution in [1.29, 1.82) is 0 Å². The second-order valence-electron chi connectivity index (χ2n) is 4.47. The lowest BCUT2D eigenvalue weighted by Crippen LogP contribution is -2.18. The fourth-order valence-corrected chi connectivity index (χ4v) is 2.63. The normalized spacial score (nSPS) is 12.1. The lowest BCUT2D eigenvalue weighted by molar-refractivity contribution is 0.789. The summed E-state index contributed by atoms with van der Waals surface area (Å²) in [6.07, 6.45) is 1.02. The summed E-state index contributed by atoms with van der Waals surface area (Å²) in [5.41, 5.74) is 9.05. The zero-order chi connectivity index (χ0) is 13.0. The second-order valence-corrected chi connectivity index (χ2v) is 5.64. The molecule has 2 rings (SSSR count). The van der Waals surface area contributed by atoms with E-state index >= 15 is 0 Å². The van der Waals surface area contributed by atoms with Crippen LogP contribution in [0.1, 0.15) is 12.5 Å². The molecule has 3 heteroatoms. The Hall–Kier alpha value is -1.23. The molecule has 0 aliphatic carbocycles. The van der Waals surface area contributed by atoms with Crippen LogP contribution in [0.25, 0.3) is 0 Å². The minimum absolute atomic E-state index is 0.393. The van der Waals surface area contributed by atoms with Gasteiger partial charge in [-0.15, -0.1) is 0 Å². The molecule has 0 saturated heterocycles. The van der Waals surface area contributed by atoms with Crippen LogP contribution in [-0.2, 0) is 6.42 Å². The van der Waals surface area contributed by atoms with Crippen LogP contribution in [0.3, 0.4) is 0 Å². The van der Waals surface area contributed by atoms with Gasteiger partial charge in [0.05, 0.1) is 0 Å². The largest absolute Gasteiger partial charge is 0.399 e. The molecular weight excluding hydrogens is 335 g/mol. The number of nitrogens with two attached hydrogens (primary N) is 1. The Kier molecular flexibility index (Phi) is 4.47. The van der Waals surface area contributed by atoms with Crippen molar-refractivity contribution in [1.82, 2.24) is 0 Å². The molecule has 2 aromatic carbocycles. The number of nitrogen functional groups attached to an aromatic ring is 1. The molecule has 0 aliphatic heterocycles. The van der Waals surface area contributed by atoms with Crippen LogP contribution in [0, 0.1) is 3.57 Å². The molecule has 94 valence electrons. The van der Waals surface area contributed by atoms with Gasteiger partial charge in [-0.05, 0) is 59.7 Å². The summed E-state index contributed by atoms with van der Waals surface area (Å²) >= 11 is 2.31. The predicted molar refractivity (Wildman–Crippen MR) is 86.8 cm³/mol.